The monoisotopic (exact) mass is 262 g/mol. The first-order valence-corrected chi connectivity index (χ1v) is 6.13. The van der Waals surface area contributed by atoms with E-state index in [1.165, 1.54) is 0 Å². The summed E-state index contributed by atoms with van der Waals surface area (Å²) in [5.41, 5.74) is 7.58. The number of halogens is 1. The van der Waals surface area contributed by atoms with Gasteiger partial charge in [-0.2, -0.15) is 0 Å². The van der Waals surface area contributed by atoms with E-state index < -0.39 is 0 Å². The Labute approximate surface area is 111 Å². The maximum Gasteiger partial charge on any atom is 0.139 e. The Morgan fingerprint density at radius 1 is 1.33 bits per heavy atom. The van der Waals surface area contributed by atoms with Gasteiger partial charge < -0.3 is 11.1 Å². The summed E-state index contributed by atoms with van der Waals surface area (Å²) in [5, 5.41) is 3.89. The summed E-state index contributed by atoms with van der Waals surface area (Å²) >= 11 is 5.94. The van der Waals surface area contributed by atoms with E-state index in [0.29, 0.717) is 10.8 Å². The Balaban J connectivity index is 2.36. The molecule has 1 aromatic carbocycles. The fraction of sp³-hybridized carbons (Fsp3) is 0.231. The second kappa shape index (κ2) is 5.23. The number of anilines is 3. The van der Waals surface area contributed by atoms with Crippen LogP contribution < -0.4 is 11.1 Å². The molecule has 0 spiro atoms. The Kier molecular flexibility index (Phi) is 3.67. The van der Waals surface area contributed by atoms with Crippen molar-refractivity contribution in [2.24, 2.45) is 0 Å². The molecule has 5 heteroatoms. The molecule has 94 valence electrons. The third kappa shape index (κ3) is 2.71. The minimum Gasteiger partial charge on any atom is -0.383 e. The first kappa shape index (κ1) is 12.6. The summed E-state index contributed by atoms with van der Waals surface area (Å²) in [6.07, 6.45) is 0.745. The fourth-order valence-corrected chi connectivity index (χ4v) is 1.76. The van der Waals surface area contributed by atoms with Crippen LogP contribution >= 0.6 is 11.6 Å². The minimum absolute atomic E-state index is 0.506. The van der Waals surface area contributed by atoms with E-state index in [1.807, 2.05) is 38.1 Å². The molecule has 4 nitrogen and oxygen atoms in total. The molecule has 0 saturated carbocycles. The zero-order chi connectivity index (χ0) is 13.1. The number of hydrogen-bond donors (Lipinski definition) is 2. The average molecular weight is 263 g/mol. The predicted octanol–water partition coefficient (Wildman–Crippen LogP) is 3.33. The second-order valence-corrected chi connectivity index (χ2v) is 4.42. The van der Waals surface area contributed by atoms with Gasteiger partial charge in [-0.1, -0.05) is 24.6 Å². The van der Waals surface area contributed by atoms with Crippen molar-refractivity contribution in [2.75, 3.05) is 11.1 Å². The van der Waals surface area contributed by atoms with Gasteiger partial charge in [0, 0.05) is 22.7 Å². The van der Waals surface area contributed by atoms with Crippen LogP contribution in [0.5, 0.6) is 0 Å². The first-order chi connectivity index (χ1) is 8.60. The van der Waals surface area contributed by atoms with Gasteiger partial charge >= 0.3 is 0 Å². The molecule has 0 saturated heterocycles. The largest absolute Gasteiger partial charge is 0.383 e. The Hall–Kier alpha value is -1.81. The number of nitrogens with two attached hydrogens (primary N) is 1. The van der Waals surface area contributed by atoms with E-state index >= 15 is 0 Å². The van der Waals surface area contributed by atoms with Crippen molar-refractivity contribution < 1.29 is 0 Å². The lowest BCUT2D eigenvalue weighted by Crippen LogP contribution is -2.06. The van der Waals surface area contributed by atoms with Gasteiger partial charge in [0.25, 0.3) is 0 Å². The van der Waals surface area contributed by atoms with Crippen molar-refractivity contribution >= 4 is 28.9 Å². The number of rotatable bonds is 3. The van der Waals surface area contributed by atoms with Gasteiger partial charge in [0.2, 0.25) is 0 Å². The quantitative estimate of drug-likeness (QED) is 0.891. The van der Waals surface area contributed by atoms with Crippen molar-refractivity contribution in [3.05, 3.63) is 40.7 Å². The predicted molar refractivity (Wildman–Crippen MR) is 75.3 cm³/mol. The molecule has 2 aromatic rings. The molecule has 2 rings (SSSR count). The number of aryl methyl sites for hydroxylation is 1. The molecule has 0 amide bonds. The summed E-state index contributed by atoms with van der Waals surface area (Å²) in [6, 6.07) is 7.47. The summed E-state index contributed by atoms with van der Waals surface area (Å²) in [6.45, 7) is 3.88. The van der Waals surface area contributed by atoms with Crippen LogP contribution in [0, 0.1) is 6.92 Å². The van der Waals surface area contributed by atoms with Crippen LogP contribution in [-0.4, -0.2) is 9.97 Å². The molecule has 0 unspecified atom stereocenters. The molecule has 0 aliphatic heterocycles. The van der Waals surface area contributed by atoms with Crippen LogP contribution in [0.3, 0.4) is 0 Å². The molecule has 0 bridgehead atoms. The summed E-state index contributed by atoms with van der Waals surface area (Å²) in [7, 11) is 0. The van der Waals surface area contributed by atoms with Gasteiger partial charge in [-0.25, -0.2) is 9.97 Å². The van der Waals surface area contributed by atoms with Crippen molar-refractivity contribution in [1.29, 1.82) is 0 Å². The van der Waals surface area contributed by atoms with E-state index in [1.54, 1.807) is 0 Å². The van der Waals surface area contributed by atoms with Gasteiger partial charge in [-0.15, -0.1) is 0 Å². The summed E-state index contributed by atoms with van der Waals surface area (Å²) < 4.78 is 0. The van der Waals surface area contributed by atoms with Gasteiger partial charge in [-0.05, 0) is 25.1 Å². The normalized spacial score (nSPS) is 10.4. The molecule has 0 aliphatic carbocycles. The topological polar surface area (TPSA) is 63.8 Å². The van der Waals surface area contributed by atoms with Gasteiger partial charge in [0.15, 0.2) is 0 Å². The summed E-state index contributed by atoms with van der Waals surface area (Å²) in [4.78, 5) is 8.64. The van der Waals surface area contributed by atoms with Crippen molar-refractivity contribution in [3.63, 3.8) is 0 Å². The Morgan fingerprint density at radius 3 is 2.78 bits per heavy atom. The Morgan fingerprint density at radius 2 is 2.11 bits per heavy atom. The highest BCUT2D eigenvalue weighted by atomic mass is 35.5. The number of aromatic nitrogens is 2. The Bertz CT molecular complexity index is 569. The average Bonchev–Trinajstić information content (AvgIpc) is 2.34. The highest BCUT2D eigenvalue weighted by Crippen LogP contribution is 2.23. The highest BCUT2D eigenvalue weighted by Gasteiger charge is 2.08. The van der Waals surface area contributed by atoms with Gasteiger partial charge in [-0.3, -0.25) is 0 Å². The maximum absolute atomic E-state index is 5.94. The lowest BCUT2D eigenvalue weighted by atomic mass is 10.2. The van der Waals surface area contributed by atoms with E-state index in [-0.39, 0.29) is 0 Å². The third-order valence-electron chi connectivity index (χ3n) is 2.63. The number of nitrogens with one attached hydrogen (secondary N) is 1. The zero-order valence-corrected chi connectivity index (χ0v) is 11.1. The second-order valence-electron chi connectivity index (χ2n) is 3.99. The van der Waals surface area contributed by atoms with Crippen LogP contribution in [0.4, 0.5) is 17.3 Å². The van der Waals surface area contributed by atoms with Crippen molar-refractivity contribution in [2.45, 2.75) is 20.3 Å². The molecular weight excluding hydrogens is 248 g/mol. The molecule has 0 atom stereocenters. The molecule has 18 heavy (non-hydrogen) atoms. The van der Waals surface area contributed by atoms with Crippen LogP contribution in [0.2, 0.25) is 5.02 Å². The fourth-order valence-electron chi connectivity index (χ4n) is 1.56. The van der Waals surface area contributed by atoms with Crippen molar-refractivity contribution in [1.82, 2.24) is 9.97 Å². The smallest absolute Gasteiger partial charge is 0.139 e. The minimum atomic E-state index is 0.506. The van der Waals surface area contributed by atoms with Crippen molar-refractivity contribution in [3.8, 4) is 0 Å². The molecule has 1 aromatic heterocycles. The maximum atomic E-state index is 5.94. The number of nitrogens with zero attached hydrogens (tertiary/aromatic N) is 2. The van der Waals surface area contributed by atoms with Crippen LogP contribution in [0.1, 0.15) is 18.3 Å². The van der Waals surface area contributed by atoms with E-state index in [2.05, 4.69) is 15.3 Å². The molecule has 0 fully saturated rings. The SMILES string of the molecule is CCc1nc(N)c(C)c(Nc2cccc(Cl)c2)n1. The van der Waals surface area contributed by atoms with Crippen LogP contribution in [0.25, 0.3) is 0 Å². The van der Waals surface area contributed by atoms with Crippen LogP contribution in [-0.2, 0) is 6.42 Å². The number of benzene rings is 1. The molecule has 1 heterocycles. The molecule has 0 aliphatic rings. The standard InChI is InChI=1S/C13H15ClN4/c1-3-11-17-12(15)8(2)13(18-11)16-10-6-4-5-9(14)7-10/h4-7H,3H2,1-2H3,(H3,15,16,17,18). The number of nitrogen functional groups attached to an aromatic ring is 1. The van der Waals surface area contributed by atoms with E-state index in [9.17, 15) is 0 Å². The lowest BCUT2D eigenvalue weighted by molar-refractivity contribution is 0.940. The molecule has 0 radical (unpaired) electrons. The third-order valence-corrected chi connectivity index (χ3v) is 2.87. The van der Waals surface area contributed by atoms with Crippen LogP contribution in [0.15, 0.2) is 24.3 Å². The molecular formula is C13H15ClN4. The lowest BCUT2D eigenvalue weighted by Gasteiger charge is -2.11. The molecule has 3 N–H and O–H groups in total. The first-order valence-electron chi connectivity index (χ1n) is 5.75. The van der Waals surface area contributed by atoms with Gasteiger partial charge in [0.1, 0.15) is 17.5 Å². The summed E-state index contributed by atoms with van der Waals surface area (Å²) in [5.74, 6) is 1.95. The number of hydrogen-bond acceptors (Lipinski definition) is 4. The zero-order valence-electron chi connectivity index (χ0n) is 10.4. The van der Waals surface area contributed by atoms with E-state index in [0.717, 1.165) is 29.3 Å². The highest BCUT2D eigenvalue weighted by molar-refractivity contribution is 6.30. The van der Waals surface area contributed by atoms with E-state index in [4.69, 9.17) is 17.3 Å². The van der Waals surface area contributed by atoms with Gasteiger partial charge in [0.05, 0.1) is 0 Å².